The van der Waals surface area contributed by atoms with Gasteiger partial charge in [-0.3, -0.25) is 0 Å². The molecule has 1 aromatic rings. The van der Waals surface area contributed by atoms with E-state index in [9.17, 15) is 0 Å². The Morgan fingerprint density at radius 1 is 1.28 bits per heavy atom. The number of unbranched alkanes of at least 4 members (excludes halogenated alkanes) is 1. The highest BCUT2D eigenvalue weighted by molar-refractivity contribution is 7.13. The lowest BCUT2D eigenvalue weighted by molar-refractivity contribution is 0.250. The number of aromatic nitrogens is 1. The first-order valence-electron chi connectivity index (χ1n) is 6.80. The molecular formula is C13H23N3OS. The van der Waals surface area contributed by atoms with Crippen molar-refractivity contribution in [3.63, 3.8) is 0 Å². The maximum atomic E-state index is 8.81. The van der Waals surface area contributed by atoms with Crippen LogP contribution in [-0.2, 0) is 0 Å². The summed E-state index contributed by atoms with van der Waals surface area (Å²) in [5.41, 5.74) is 1.12. The second-order valence-corrected chi connectivity index (χ2v) is 5.72. The molecule has 1 saturated heterocycles. The zero-order valence-corrected chi connectivity index (χ0v) is 12.0. The van der Waals surface area contributed by atoms with Crippen molar-refractivity contribution in [3.05, 3.63) is 11.1 Å². The number of hydrogen-bond donors (Lipinski definition) is 1. The number of hydrogen-bond acceptors (Lipinski definition) is 5. The molecule has 102 valence electrons. The standard InChI is InChI=1S/C13H23N3OS/c1-12-11-18-13(14-12)16-7-4-6-15(8-9-16)5-2-3-10-17/h11,17H,2-10H2,1H3. The van der Waals surface area contributed by atoms with Crippen molar-refractivity contribution < 1.29 is 5.11 Å². The van der Waals surface area contributed by atoms with Gasteiger partial charge in [-0.25, -0.2) is 4.98 Å². The molecule has 0 bridgehead atoms. The Hall–Kier alpha value is -0.650. The summed E-state index contributed by atoms with van der Waals surface area (Å²) in [7, 11) is 0. The third kappa shape index (κ3) is 3.93. The van der Waals surface area contributed by atoms with Gasteiger partial charge in [0.25, 0.3) is 0 Å². The van der Waals surface area contributed by atoms with Crippen LogP contribution in [-0.4, -0.2) is 54.3 Å². The fourth-order valence-corrected chi connectivity index (χ4v) is 3.18. The predicted molar refractivity (Wildman–Crippen MR) is 76.4 cm³/mol. The monoisotopic (exact) mass is 269 g/mol. The summed E-state index contributed by atoms with van der Waals surface area (Å²) in [4.78, 5) is 9.49. The van der Waals surface area contributed by atoms with Gasteiger partial charge in [-0.2, -0.15) is 0 Å². The predicted octanol–water partition coefficient (Wildman–Crippen LogP) is 1.74. The minimum atomic E-state index is 0.318. The van der Waals surface area contributed by atoms with Crippen molar-refractivity contribution in [2.45, 2.75) is 26.2 Å². The Morgan fingerprint density at radius 3 is 2.89 bits per heavy atom. The van der Waals surface area contributed by atoms with E-state index < -0.39 is 0 Å². The zero-order chi connectivity index (χ0) is 12.8. The largest absolute Gasteiger partial charge is 0.396 e. The average molecular weight is 269 g/mol. The van der Waals surface area contributed by atoms with Crippen LogP contribution >= 0.6 is 11.3 Å². The van der Waals surface area contributed by atoms with Crippen LogP contribution in [0.25, 0.3) is 0 Å². The molecule has 0 unspecified atom stereocenters. The van der Waals surface area contributed by atoms with Gasteiger partial charge in [-0.15, -0.1) is 11.3 Å². The van der Waals surface area contributed by atoms with E-state index in [0.717, 1.165) is 44.7 Å². The minimum absolute atomic E-state index is 0.318. The lowest BCUT2D eigenvalue weighted by Crippen LogP contribution is -2.31. The summed E-state index contributed by atoms with van der Waals surface area (Å²) in [5.74, 6) is 0. The van der Waals surface area contributed by atoms with Crippen molar-refractivity contribution >= 4 is 16.5 Å². The third-order valence-electron chi connectivity index (χ3n) is 3.35. The van der Waals surface area contributed by atoms with Crippen LogP contribution < -0.4 is 4.90 Å². The minimum Gasteiger partial charge on any atom is -0.396 e. The number of aliphatic hydroxyl groups is 1. The quantitative estimate of drug-likeness (QED) is 0.827. The van der Waals surface area contributed by atoms with Gasteiger partial charge in [0.05, 0.1) is 5.69 Å². The molecule has 18 heavy (non-hydrogen) atoms. The molecule has 1 fully saturated rings. The zero-order valence-electron chi connectivity index (χ0n) is 11.1. The summed E-state index contributed by atoms with van der Waals surface area (Å²) in [6, 6.07) is 0. The fraction of sp³-hybridized carbons (Fsp3) is 0.769. The van der Waals surface area contributed by atoms with E-state index in [1.807, 2.05) is 0 Å². The fourth-order valence-electron chi connectivity index (χ4n) is 2.32. The second-order valence-electron chi connectivity index (χ2n) is 4.88. The number of aliphatic hydroxyl groups excluding tert-OH is 1. The van der Waals surface area contributed by atoms with Gasteiger partial charge in [0.15, 0.2) is 5.13 Å². The molecule has 5 heteroatoms. The number of nitrogens with zero attached hydrogens (tertiary/aromatic N) is 3. The van der Waals surface area contributed by atoms with Gasteiger partial charge >= 0.3 is 0 Å². The number of anilines is 1. The molecule has 0 saturated carbocycles. The summed E-state index contributed by atoms with van der Waals surface area (Å²) >= 11 is 1.75. The van der Waals surface area contributed by atoms with Crippen LogP contribution in [0.15, 0.2) is 5.38 Å². The topological polar surface area (TPSA) is 39.6 Å². The van der Waals surface area contributed by atoms with Crippen LogP contribution in [0.2, 0.25) is 0 Å². The Kier molecular flexibility index (Phi) is 5.41. The van der Waals surface area contributed by atoms with Crippen molar-refractivity contribution in [2.75, 3.05) is 44.2 Å². The van der Waals surface area contributed by atoms with Crippen LogP contribution in [0.5, 0.6) is 0 Å². The first-order valence-corrected chi connectivity index (χ1v) is 7.68. The van der Waals surface area contributed by atoms with E-state index in [4.69, 9.17) is 5.11 Å². The van der Waals surface area contributed by atoms with E-state index in [-0.39, 0.29) is 0 Å². The first kappa shape index (κ1) is 13.8. The van der Waals surface area contributed by atoms with E-state index >= 15 is 0 Å². The summed E-state index contributed by atoms with van der Waals surface area (Å²) in [6.45, 7) is 7.97. The molecule has 1 aliphatic rings. The highest BCUT2D eigenvalue weighted by Crippen LogP contribution is 2.21. The maximum absolute atomic E-state index is 8.81. The molecule has 2 rings (SSSR count). The molecule has 2 heterocycles. The lowest BCUT2D eigenvalue weighted by Gasteiger charge is -2.21. The van der Waals surface area contributed by atoms with E-state index in [0.29, 0.717) is 6.61 Å². The molecule has 4 nitrogen and oxygen atoms in total. The van der Waals surface area contributed by atoms with Crippen molar-refractivity contribution in [1.29, 1.82) is 0 Å². The van der Waals surface area contributed by atoms with Gasteiger partial charge in [-0.05, 0) is 39.3 Å². The normalized spacial score (nSPS) is 18.0. The second kappa shape index (κ2) is 7.07. The van der Waals surface area contributed by atoms with Gasteiger partial charge in [0, 0.05) is 31.6 Å². The summed E-state index contributed by atoms with van der Waals surface area (Å²) in [5, 5.41) is 12.1. The molecule has 1 aliphatic heterocycles. The molecular weight excluding hydrogens is 246 g/mol. The highest BCUT2D eigenvalue weighted by Gasteiger charge is 2.16. The van der Waals surface area contributed by atoms with Crippen molar-refractivity contribution in [1.82, 2.24) is 9.88 Å². The van der Waals surface area contributed by atoms with E-state index in [2.05, 4.69) is 27.1 Å². The Balaban J connectivity index is 1.81. The molecule has 1 aromatic heterocycles. The Bertz CT molecular complexity index is 356. The Labute approximate surface area is 113 Å². The molecule has 0 aliphatic carbocycles. The van der Waals surface area contributed by atoms with Crippen LogP contribution in [0.4, 0.5) is 5.13 Å². The van der Waals surface area contributed by atoms with Gasteiger partial charge in [-0.1, -0.05) is 0 Å². The van der Waals surface area contributed by atoms with Crippen LogP contribution in [0.1, 0.15) is 25.0 Å². The van der Waals surface area contributed by atoms with Crippen molar-refractivity contribution in [3.8, 4) is 0 Å². The molecule has 1 N–H and O–H groups in total. The number of aryl methyl sites for hydroxylation is 1. The van der Waals surface area contributed by atoms with E-state index in [1.165, 1.54) is 18.1 Å². The summed E-state index contributed by atoms with van der Waals surface area (Å²) < 4.78 is 0. The summed E-state index contributed by atoms with van der Waals surface area (Å²) in [6.07, 6.45) is 3.23. The highest BCUT2D eigenvalue weighted by atomic mass is 32.1. The van der Waals surface area contributed by atoms with Crippen LogP contribution in [0, 0.1) is 6.92 Å². The van der Waals surface area contributed by atoms with E-state index in [1.54, 1.807) is 11.3 Å². The SMILES string of the molecule is Cc1csc(N2CCCN(CCCCO)CC2)n1. The average Bonchev–Trinajstić information content (AvgIpc) is 2.66. The smallest absolute Gasteiger partial charge is 0.185 e. The molecule has 0 amide bonds. The van der Waals surface area contributed by atoms with Crippen LogP contribution in [0.3, 0.4) is 0 Å². The lowest BCUT2D eigenvalue weighted by atomic mass is 10.3. The van der Waals surface area contributed by atoms with Crippen molar-refractivity contribution in [2.24, 2.45) is 0 Å². The van der Waals surface area contributed by atoms with Gasteiger partial charge < -0.3 is 14.9 Å². The molecule has 0 spiro atoms. The molecule has 0 aromatic carbocycles. The number of thiazole rings is 1. The third-order valence-corrected chi connectivity index (χ3v) is 4.37. The molecule has 0 atom stereocenters. The molecule has 0 radical (unpaired) electrons. The Morgan fingerprint density at radius 2 is 2.17 bits per heavy atom. The van der Waals surface area contributed by atoms with Gasteiger partial charge in [0.2, 0.25) is 0 Å². The first-order chi connectivity index (χ1) is 8.79. The maximum Gasteiger partial charge on any atom is 0.185 e. The van der Waals surface area contributed by atoms with Gasteiger partial charge in [0.1, 0.15) is 0 Å². The number of rotatable bonds is 5.